The van der Waals surface area contributed by atoms with E-state index in [1.165, 1.54) is 11.8 Å². The Kier molecular flexibility index (Phi) is 7.82. The molecule has 0 aliphatic rings. The normalized spacial score (nSPS) is 10.2. The third-order valence-corrected chi connectivity index (χ3v) is 4.20. The van der Waals surface area contributed by atoms with Crippen LogP contribution in [0, 0.1) is 0 Å². The topological polar surface area (TPSA) is 84.9 Å². The molecule has 0 heterocycles. The Labute approximate surface area is 156 Å². The number of nitrogens with one attached hydrogen (secondary N) is 1. The van der Waals surface area contributed by atoms with Crippen molar-refractivity contribution in [2.75, 3.05) is 24.3 Å². The van der Waals surface area contributed by atoms with E-state index < -0.39 is 5.97 Å². The second-order valence-electron chi connectivity index (χ2n) is 5.30. The zero-order valence-electron chi connectivity index (χ0n) is 14.4. The monoisotopic (exact) mass is 375 g/mol. The van der Waals surface area contributed by atoms with E-state index in [1.54, 1.807) is 18.2 Å². The fraction of sp³-hybridized carbons (Fsp3) is 0.263. The molecular weight excluding hydrogens is 354 g/mol. The van der Waals surface area contributed by atoms with Gasteiger partial charge in [0.2, 0.25) is 0 Å². The standard InChI is InChI=1S/C19H21NO5S/c1-2-24-16-8-3-4-9-17(16)25-11-18(21)20-15-7-5-6-14(10-15)12-26-13-19(22)23/h3-10H,2,11-13H2,1H3,(H,20,21)(H,22,23). The molecule has 0 saturated heterocycles. The summed E-state index contributed by atoms with van der Waals surface area (Å²) in [5.41, 5.74) is 1.58. The number of carbonyl (C=O) groups is 2. The first kappa shape index (κ1) is 19.7. The first-order valence-electron chi connectivity index (χ1n) is 8.11. The zero-order chi connectivity index (χ0) is 18.8. The minimum absolute atomic E-state index is 0.0453. The number of aliphatic carboxylic acids is 1. The first-order valence-corrected chi connectivity index (χ1v) is 9.27. The fourth-order valence-corrected chi connectivity index (χ4v) is 2.87. The lowest BCUT2D eigenvalue weighted by Gasteiger charge is -2.12. The lowest BCUT2D eigenvalue weighted by atomic mass is 10.2. The van der Waals surface area contributed by atoms with Gasteiger partial charge in [0.1, 0.15) is 0 Å². The lowest BCUT2D eigenvalue weighted by molar-refractivity contribution is -0.133. The highest BCUT2D eigenvalue weighted by molar-refractivity contribution is 7.99. The maximum atomic E-state index is 12.1. The highest BCUT2D eigenvalue weighted by Gasteiger charge is 2.08. The van der Waals surface area contributed by atoms with Crippen LogP contribution in [0.2, 0.25) is 0 Å². The number of thioether (sulfide) groups is 1. The van der Waals surface area contributed by atoms with Gasteiger partial charge in [-0.15, -0.1) is 11.8 Å². The predicted octanol–water partition coefficient (Wildman–Crippen LogP) is 3.42. The molecule has 7 heteroatoms. The maximum Gasteiger partial charge on any atom is 0.313 e. The van der Waals surface area contributed by atoms with Crippen LogP contribution >= 0.6 is 11.8 Å². The van der Waals surface area contributed by atoms with Gasteiger partial charge in [0.05, 0.1) is 12.4 Å². The van der Waals surface area contributed by atoms with Gasteiger partial charge >= 0.3 is 5.97 Å². The molecule has 0 unspecified atom stereocenters. The highest BCUT2D eigenvalue weighted by Crippen LogP contribution is 2.26. The number of anilines is 1. The summed E-state index contributed by atoms with van der Waals surface area (Å²) in [5, 5.41) is 11.4. The van der Waals surface area contributed by atoms with Crippen molar-refractivity contribution in [3.05, 3.63) is 54.1 Å². The third-order valence-electron chi connectivity index (χ3n) is 3.21. The lowest BCUT2D eigenvalue weighted by Crippen LogP contribution is -2.20. The van der Waals surface area contributed by atoms with Crippen molar-refractivity contribution in [1.29, 1.82) is 0 Å². The van der Waals surface area contributed by atoms with Crippen LogP contribution in [0.15, 0.2) is 48.5 Å². The molecule has 0 atom stereocenters. The molecule has 0 aliphatic carbocycles. The van der Waals surface area contributed by atoms with Gasteiger partial charge in [-0.3, -0.25) is 9.59 Å². The van der Waals surface area contributed by atoms with Gasteiger partial charge in [-0.25, -0.2) is 0 Å². The molecule has 2 N–H and O–H groups in total. The summed E-state index contributed by atoms with van der Waals surface area (Å²) in [6.07, 6.45) is 0. The van der Waals surface area contributed by atoms with Crippen LogP contribution in [0.3, 0.4) is 0 Å². The molecule has 0 saturated carbocycles. The summed E-state index contributed by atoms with van der Waals surface area (Å²) in [6.45, 7) is 2.26. The Balaban J connectivity index is 1.87. The smallest absolute Gasteiger partial charge is 0.313 e. The van der Waals surface area contributed by atoms with Crippen LogP contribution in [-0.4, -0.2) is 35.9 Å². The van der Waals surface area contributed by atoms with Crippen molar-refractivity contribution < 1.29 is 24.2 Å². The Morgan fingerprint density at radius 2 is 1.81 bits per heavy atom. The first-order chi connectivity index (χ1) is 12.6. The molecule has 6 nitrogen and oxygen atoms in total. The van der Waals surface area contributed by atoms with Crippen LogP contribution in [-0.2, 0) is 15.3 Å². The number of hydrogen-bond acceptors (Lipinski definition) is 5. The van der Waals surface area contributed by atoms with Crippen molar-refractivity contribution in [1.82, 2.24) is 0 Å². The largest absolute Gasteiger partial charge is 0.490 e. The van der Waals surface area contributed by atoms with E-state index in [4.69, 9.17) is 14.6 Å². The molecule has 0 aliphatic heterocycles. The number of amides is 1. The quantitative estimate of drug-likeness (QED) is 0.662. The number of carbonyl (C=O) groups excluding carboxylic acids is 1. The Bertz CT molecular complexity index is 750. The third kappa shape index (κ3) is 6.68. The van der Waals surface area contributed by atoms with Gasteiger partial charge in [0, 0.05) is 11.4 Å². The average molecular weight is 375 g/mol. The predicted molar refractivity (Wildman–Crippen MR) is 102 cm³/mol. The molecule has 2 aromatic carbocycles. The van der Waals surface area contributed by atoms with Crippen molar-refractivity contribution in [2.45, 2.75) is 12.7 Å². The van der Waals surface area contributed by atoms with Crippen molar-refractivity contribution in [3.63, 3.8) is 0 Å². The molecule has 2 rings (SSSR count). The average Bonchev–Trinajstić information content (AvgIpc) is 2.61. The summed E-state index contributed by atoms with van der Waals surface area (Å²) in [6, 6.07) is 14.5. The highest BCUT2D eigenvalue weighted by atomic mass is 32.2. The number of ether oxygens (including phenoxy) is 2. The van der Waals surface area contributed by atoms with Gasteiger partial charge in [-0.05, 0) is 36.8 Å². The molecule has 0 bridgehead atoms. The van der Waals surface area contributed by atoms with Gasteiger partial charge < -0.3 is 19.9 Å². The number of hydrogen-bond donors (Lipinski definition) is 2. The zero-order valence-corrected chi connectivity index (χ0v) is 15.3. The maximum absolute atomic E-state index is 12.1. The molecular formula is C19H21NO5S. The summed E-state index contributed by atoms with van der Waals surface area (Å²) in [5.74, 6) is 0.594. The fourth-order valence-electron chi connectivity index (χ4n) is 2.18. The van der Waals surface area contributed by atoms with Crippen molar-refractivity contribution >= 4 is 29.3 Å². The van der Waals surface area contributed by atoms with Crippen LogP contribution < -0.4 is 14.8 Å². The van der Waals surface area contributed by atoms with Crippen LogP contribution in [0.5, 0.6) is 11.5 Å². The molecule has 2 aromatic rings. The van der Waals surface area contributed by atoms with E-state index in [-0.39, 0.29) is 18.3 Å². The molecule has 0 fully saturated rings. The molecule has 0 radical (unpaired) electrons. The van der Waals surface area contributed by atoms with E-state index in [1.807, 2.05) is 37.3 Å². The second-order valence-corrected chi connectivity index (χ2v) is 6.29. The second kappa shape index (κ2) is 10.4. The minimum Gasteiger partial charge on any atom is -0.490 e. The molecule has 26 heavy (non-hydrogen) atoms. The van der Waals surface area contributed by atoms with Crippen LogP contribution in [0.4, 0.5) is 5.69 Å². The van der Waals surface area contributed by atoms with E-state index in [2.05, 4.69) is 5.32 Å². The van der Waals surface area contributed by atoms with Gasteiger partial charge in [-0.2, -0.15) is 0 Å². The van der Waals surface area contributed by atoms with Crippen molar-refractivity contribution in [3.8, 4) is 11.5 Å². The van der Waals surface area contributed by atoms with Gasteiger partial charge in [0.25, 0.3) is 5.91 Å². The van der Waals surface area contributed by atoms with Gasteiger partial charge in [0.15, 0.2) is 18.1 Å². The molecule has 138 valence electrons. The Morgan fingerprint density at radius 3 is 2.50 bits per heavy atom. The number of carboxylic acid groups (broad SMARTS) is 1. The number of benzene rings is 2. The number of rotatable bonds is 10. The molecule has 0 aromatic heterocycles. The Hall–Kier alpha value is -2.67. The SMILES string of the molecule is CCOc1ccccc1OCC(=O)Nc1cccc(CSCC(=O)O)c1. The van der Waals surface area contributed by atoms with Crippen molar-refractivity contribution in [2.24, 2.45) is 0 Å². The van der Waals surface area contributed by atoms with E-state index >= 15 is 0 Å². The summed E-state index contributed by atoms with van der Waals surface area (Å²) >= 11 is 1.30. The van der Waals surface area contributed by atoms with E-state index in [0.29, 0.717) is 29.5 Å². The van der Waals surface area contributed by atoms with Crippen LogP contribution in [0.25, 0.3) is 0 Å². The Morgan fingerprint density at radius 1 is 1.08 bits per heavy atom. The number of para-hydroxylation sites is 2. The van der Waals surface area contributed by atoms with Crippen LogP contribution in [0.1, 0.15) is 12.5 Å². The summed E-state index contributed by atoms with van der Waals surface area (Å²) in [4.78, 5) is 22.7. The minimum atomic E-state index is -0.844. The summed E-state index contributed by atoms with van der Waals surface area (Å²) in [7, 11) is 0. The van der Waals surface area contributed by atoms with E-state index in [9.17, 15) is 9.59 Å². The number of carboxylic acids is 1. The molecule has 0 spiro atoms. The summed E-state index contributed by atoms with van der Waals surface area (Å²) < 4.78 is 11.0. The van der Waals surface area contributed by atoms with Gasteiger partial charge in [-0.1, -0.05) is 24.3 Å². The molecule has 1 amide bonds. The van der Waals surface area contributed by atoms with E-state index in [0.717, 1.165) is 5.56 Å².